The Morgan fingerprint density at radius 1 is 1.04 bits per heavy atom. The first kappa shape index (κ1) is 18.7. The molecule has 1 aliphatic rings. The van der Waals surface area contributed by atoms with Gasteiger partial charge < -0.3 is 0 Å². The molecule has 0 aliphatic carbocycles. The minimum atomic E-state index is -0.783. The standard InChI is InChI=1S/C18H22N6O3/c1-12(2)24-17(26)16(25)22(18(24)27)11-21(4)13(3)14-5-7-15(8-6-14)23-10-19-9-20-23/h5-10,12-13H,11H2,1-4H3/t13-/m1/s1. The van der Waals surface area contributed by atoms with Crippen LogP contribution in [0.3, 0.4) is 0 Å². The van der Waals surface area contributed by atoms with Crippen LogP contribution < -0.4 is 0 Å². The zero-order chi connectivity index (χ0) is 19.7. The Labute approximate surface area is 157 Å². The zero-order valence-electron chi connectivity index (χ0n) is 15.7. The predicted molar refractivity (Wildman–Crippen MR) is 96.6 cm³/mol. The van der Waals surface area contributed by atoms with Gasteiger partial charge in [0, 0.05) is 12.1 Å². The van der Waals surface area contributed by atoms with Crippen LogP contribution in [0.5, 0.6) is 0 Å². The number of carbonyl (C=O) groups is 3. The van der Waals surface area contributed by atoms with Crippen LogP contribution in [0.15, 0.2) is 36.9 Å². The van der Waals surface area contributed by atoms with Crippen LogP contribution in [-0.4, -0.2) is 67.1 Å². The average molecular weight is 370 g/mol. The fourth-order valence-electron chi connectivity index (χ4n) is 2.95. The monoisotopic (exact) mass is 370 g/mol. The van der Waals surface area contributed by atoms with Gasteiger partial charge in [0.05, 0.1) is 12.4 Å². The third kappa shape index (κ3) is 3.45. The molecule has 2 aromatic rings. The molecule has 9 heteroatoms. The molecular formula is C18H22N6O3. The number of benzene rings is 1. The molecule has 0 radical (unpaired) electrons. The Hall–Kier alpha value is -3.07. The molecule has 0 unspecified atom stereocenters. The summed E-state index contributed by atoms with van der Waals surface area (Å²) in [5, 5.41) is 4.09. The van der Waals surface area contributed by atoms with E-state index >= 15 is 0 Å². The molecule has 0 bridgehead atoms. The van der Waals surface area contributed by atoms with E-state index in [1.807, 2.05) is 36.1 Å². The summed E-state index contributed by atoms with van der Waals surface area (Å²) in [6.45, 7) is 5.42. The van der Waals surface area contributed by atoms with Crippen LogP contribution >= 0.6 is 0 Å². The summed E-state index contributed by atoms with van der Waals surface area (Å²) in [5.41, 5.74) is 1.89. The van der Waals surface area contributed by atoms with Crippen molar-refractivity contribution in [1.82, 2.24) is 29.5 Å². The highest BCUT2D eigenvalue weighted by molar-refractivity contribution is 6.44. The highest BCUT2D eigenvalue weighted by atomic mass is 16.2. The van der Waals surface area contributed by atoms with Gasteiger partial charge in [-0.1, -0.05) is 12.1 Å². The molecule has 1 fully saturated rings. The van der Waals surface area contributed by atoms with Gasteiger partial charge in [0.1, 0.15) is 12.7 Å². The van der Waals surface area contributed by atoms with Crippen molar-refractivity contribution in [3.8, 4) is 5.69 Å². The molecule has 4 amide bonds. The van der Waals surface area contributed by atoms with E-state index in [4.69, 9.17) is 0 Å². The predicted octanol–water partition coefficient (Wildman–Crippen LogP) is 1.42. The largest absolute Gasteiger partial charge is 0.335 e. The number of nitrogens with zero attached hydrogens (tertiary/aromatic N) is 6. The summed E-state index contributed by atoms with van der Waals surface area (Å²) in [6.07, 6.45) is 3.09. The van der Waals surface area contributed by atoms with Crippen molar-refractivity contribution < 1.29 is 14.4 Å². The minimum Gasteiger partial charge on any atom is -0.282 e. The fourth-order valence-corrected chi connectivity index (χ4v) is 2.95. The van der Waals surface area contributed by atoms with Crippen LogP contribution in [0.4, 0.5) is 4.79 Å². The van der Waals surface area contributed by atoms with Crippen molar-refractivity contribution in [2.24, 2.45) is 0 Å². The van der Waals surface area contributed by atoms with Crippen molar-refractivity contribution in [1.29, 1.82) is 0 Å². The number of rotatable bonds is 6. The molecule has 0 saturated carbocycles. The quantitative estimate of drug-likeness (QED) is 0.564. The Morgan fingerprint density at radius 2 is 1.70 bits per heavy atom. The van der Waals surface area contributed by atoms with Gasteiger partial charge in [-0.3, -0.25) is 19.4 Å². The number of hydrogen-bond acceptors (Lipinski definition) is 6. The lowest BCUT2D eigenvalue weighted by Gasteiger charge is -2.28. The van der Waals surface area contributed by atoms with E-state index in [-0.39, 0.29) is 18.8 Å². The van der Waals surface area contributed by atoms with Gasteiger partial charge in [0.2, 0.25) is 0 Å². The topological polar surface area (TPSA) is 91.6 Å². The number of aromatic nitrogens is 3. The second kappa shape index (κ2) is 7.28. The van der Waals surface area contributed by atoms with Crippen LogP contribution in [0.25, 0.3) is 5.69 Å². The Bertz CT molecular complexity index is 846. The second-order valence-corrected chi connectivity index (χ2v) is 6.79. The van der Waals surface area contributed by atoms with Gasteiger partial charge in [-0.2, -0.15) is 5.10 Å². The maximum Gasteiger partial charge on any atom is 0.335 e. The lowest BCUT2D eigenvalue weighted by molar-refractivity contribution is -0.144. The fraction of sp³-hybridized carbons (Fsp3) is 0.389. The van der Waals surface area contributed by atoms with Gasteiger partial charge in [0.25, 0.3) is 0 Å². The number of imide groups is 2. The first-order chi connectivity index (χ1) is 12.8. The summed E-state index contributed by atoms with van der Waals surface area (Å²) in [7, 11) is 1.80. The van der Waals surface area contributed by atoms with Crippen LogP contribution in [0, 0.1) is 0 Å². The third-order valence-corrected chi connectivity index (χ3v) is 4.68. The van der Waals surface area contributed by atoms with E-state index in [0.717, 1.165) is 21.1 Å². The van der Waals surface area contributed by atoms with Crippen molar-refractivity contribution in [3.05, 3.63) is 42.5 Å². The van der Waals surface area contributed by atoms with Gasteiger partial charge in [-0.05, 0) is 45.5 Å². The molecule has 1 aliphatic heterocycles. The van der Waals surface area contributed by atoms with Crippen LogP contribution in [-0.2, 0) is 9.59 Å². The summed E-state index contributed by atoms with van der Waals surface area (Å²) in [6, 6.07) is 6.76. The molecule has 0 spiro atoms. The summed E-state index contributed by atoms with van der Waals surface area (Å²) >= 11 is 0. The van der Waals surface area contributed by atoms with E-state index in [1.54, 1.807) is 31.9 Å². The van der Waals surface area contributed by atoms with E-state index in [1.165, 1.54) is 6.33 Å². The molecule has 1 atom stereocenters. The first-order valence-corrected chi connectivity index (χ1v) is 8.65. The second-order valence-electron chi connectivity index (χ2n) is 6.79. The summed E-state index contributed by atoms with van der Waals surface area (Å²) in [4.78, 5) is 44.4. The highest BCUT2D eigenvalue weighted by Crippen LogP contribution is 2.22. The van der Waals surface area contributed by atoms with Crippen LogP contribution in [0.2, 0.25) is 0 Å². The van der Waals surface area contributed by atoms with E-state index < -0.39 is 17.8 Å². The number of urea groups is 1. The van der Waals surface area contributed by atoms with Crippen molar-refractivity contribution in [3.63, 3.8) is 0 Å². The molecule has 27 heavy (non-hydrogen) atoms. The smallest absolute Gasteiger partial charge is 0.282 e. The van der Waals surface area contributed by atoms with E-state index in [9.17, 15) is 14.4 Å². The SMILES string of the molecule is CC(C)N1C(=O)C(=O)N(CN(C)[C@H](C)c2ccc(-n3cncn3)cc2)C1=O. The minimum absolute atomic E-state index is 0.0403. The lowest BCUT2D eigenvalue weighted by atomic mass is 10.1. The van der Waals surface area contributed by atoms with Gasteiger partial charge in [-0.15, -0.1) is 0 Å². The Kier molecular flexibility index (Phi) is 5.04. The molecule has 0 N–H and O–H groups in total. The average Bonchev–Trinajstić information content (AvgIpc) is 3.25. The van der Waals surface area contributed by atoms with Gasteiger partial charge in [0.15, 0.2) is 0 Å². The Morgan fingerprint density at radius 3 is 2.22 bits per heavy atom. The molecule has 1 saturated heterocycles. The number of amides is 4. The molecule has 9 nitrogen and oxygen atoms in total. The molecule has 1 aromatic heterocycles. The zero-order valence-corrected chi connectivity index (χ0v) is 15.7. The maximum absolute atomic E-state index is 12.4. The highest BCUT2D eigenvalue weighted by Gasteiger charge is 2.46. The summed E-state index contributed by atoms with van der Waals surface area (Å²) in [5.74, 6) is -1.55. The lowest BCUT2D eigenvalue weighted by Crippen LogP contribution is -2.42. The molecule has 1 aromatic carbocycles. The number of carbonyl (C=O) groups excluding carboxylic acids is 3. The maximum atomic E-state index is 12.4. The summed E-state index contributed by atoms with van der Waals surface area (Å²) < 4.78 is 1.66. The molecule has 3 rings (SSSR count). The number of hydrogen-bond donors (Lipinski definition) is 0. The van der Waals surface area contributed by atoms with Crippen molar-refractivity contribution in [2.45, 2.75) is 32.9 Å². The van der Waals surface area contributed by atoms with Gasteiger partial charge >= 0.3 is 17.8 Å². The Balaban J connectivity index is 1.70. The van der Waals surface area contributed by atoms with E-state index in [2.05, 4.69) is 10.1 Å². The third-order valence-electron chi connectivity index (χ3n) is 4.68. The van der Waals surface area contributed by atoms with Crippen molar-refractivity contribution in [2.75, 3.05) is 13.7 Å². The van der Waals surface area contributed by atoms with Crippen LogP contribution in [0.1, 0.15) is 32.4 Å². The molecule has 2 heterocycles. The van der Waals surface area contributed by atoms with E-state index in [0.29, 0.717) is 0 Å². The van der Waals surface area contributed by atoms with Gasteiger partial charge in [-0.25, -0.2) is 19.4 Å². The first-order valence-electron chi connectivity index (χ1n) is 8.65. The normalized spacial score (nSPS) is 16.1. The van der Waals surface area contributed by atoms with Crippen molar-refractivity contribution >= 4 is 17.8 Å². The molecule has 142 valence electrons. The molecular weight excluding hydrogens is 348 g/mol.